The highest BCUT2D eigenvalue weighted by Crippen LogP contribution is 2.22. The van der Waals surface area contributed by atoms with Crippen LogP contribution < -0.4 is 5.32 Å². The number of phenolic OH excluding ortho intramolecular Hbond substituents is 1. The number of aromatic nitrogens is 1. The van der Waals surface area contributed by atoms with Crippen LogP contribution in [0.25, 0.3) is 0 Å². The maximum Gasteiger partial charge on any atom is 0.255 e. The average Bonchev–Trinajstić information content (AvgIpc) is 2.87. The first-order chi connectivity index (χ1) is 9.10. The molecule has 0 aliphatic heterocycles. The van der Waals surface area contributed by atoms with Gasteiger partial charge in [0.05, 0.1) is 12.1 Å². The van der Waals surface area contributed by atoms with Crippen LogP contribution in [0.2, 0.25) is 0 Å². The van der Waals surface area contributed by atoms with Gasteiger partial charge in [0.15, 0.2) is 0 Å². The number of thiazole rings is 1. The SMILES string of the molecule is CCc1cnc(CNC(=O)c2cc(Br)ccc2O)s1. The van der Waals surface area contributed by atoms with Crippen molar-refractivity contribution in [1.29, 1.82) is 0 Å². The lowest BCUT2D eigenvalue weighted by atomic mass is 10.2. The number of carbonyl (C=O) groups excluding carboxylic acids is 1. The van der Waals surface area contributed by atoms with E-state index in [0.29, 0.717) is 6.54 Å². The largest absolute Gasteiger partial charge is 0.507 e. The van der Waals surface area contributed by atoms with Gasteiger partial charge in [0.25, 0.3) is 5.91 Å². The highest BCUT2D eigenvalue weighted by Gasteiger charge is 2.12. The van der Waals surface area contributed by atoms with Crippen molar-refractivity contribution in [1.82, 2.24) is 10.3 Å². The molecule has 2 aromatic rings. The molecular weight excluding hydrogens is 328 g/mol. The summed E-state index contributed by atoms with van der Waals surface area (Å²) in [5.41, 5.74) is 0.252. The van der Waals surface area contributed by atoms with Gasteiger partial charge >= 0.3 is 0 Å². The second-order valence-electron chi connectivity index (χ2n) is 3.92. The van der Waals surface area contributed by atoms with E-state index in [1.807, 2.05) is 6.20 Å². The molecule has 0 spiro atoms. The molecule has 1 amide bonds. The minimum Gasteiger partial charge on any atom is -0.507 e. The first-order valence-electron chi connectivity index (χ1n) is 5.80. The van der Waals surface area contributed by atoms with Crippen molar-refractivity contribution in [2.24, 2.45) is 0 Å². The highest BCUT2D eigenvalue weighted by atomic mass is 79.9. The third-order valence-electron chi connectivity index (χ3n) is 2.55. The van der Waals surface area contributed by atoms with Gasteiger partial charge in [-0.05, 0) is 24.6 Å². The summed E-state index contributed by atoms with van der Waals surface area (Å²) in [6.07, 6.45) is 2.76. The third-order valence-corrected chi connectivity index (χ3v) is 4.19. The Morgan fingerprint density at radius 3 is 3.00 bits per heavy atom. The fraction of sp³-hybridized carbons (Fsp3) is 0.231. The fourth-order valence-corrected chi connectivity index (χ4v) is 2.70. The van der Waals surface area contributed by atoms with Crippen LogP contribution in [0.5, 0.6) is 5.75 Å². The zero-order valence-corrected chi connectivity index (χ0v) is 12.7. The lowest BCUT2D eigenvalue weighted by Gasteiger charge is -2.05. The molecule has 2 rings (SSSR count). The number of aryl methyl sites for hydroxylation is 1. The van der Waals surface area contributed by atoms with Crippen LogP contribution in [0, 0.1) is 0 Å². The Kier molecular flexibility index (Phi) is 4.55. The van der Waals surface area contributed by atoms with Gasteiger partial charge in [0.2, 0.25) is 0 Å². The number of rotatable bonds is 4. The van der Waals surface area contributed by atoms with E-state index in [1.54, 1.807) is 23.5 Å². The van der Waals surface area contributed by atoms with Crippen LogP contribution in [0.1, 0.15) is 27.2 Å². The molecule has 4 nitrogen and oxygen atoms in total. The van der Waals surface area contributed by atoms with Crippen LogP contribution in [0.3, 0.4) is 0 Å². The minimum atomic E-state index is -0.313. The number of carbonyl (C=O) groups is 1. The van der Waals surface area contributed by atoms with Crippen molar-refractivity contribution in [3.05, 3.63) is 44.3 Å². The summed E-state index contributed by atoms with van der Waals surface area (Å²) in [5.74, 6) is -0.346. The topological polar surface area (TPSA) is 62.2 Å². The molecule has 0 aliphatic rings. The lowest BCUT2D eigenvalue weighted by Crippen LogP contribution is -2.22. The molecule has 100 valence electrons. The number of phenols is 1. The summed E-state index contributed by atoms with van der Waals surface area (Å²) in [7, 11) is 0. The summed E-state index contributed by atoms with van der Waals surface area (Å²) in [5, 5.41) is 13.3. The predicted molar refractivity (Wildman–Crippen MR) is 78.5 cm³/mol. The number of halogens is 1. The number of aromatic hydroxyl groups is 1. The summed E-state index contributed by atoms with van der Waals surface area (Å²) >= 11 is 4.85. The molecule has 6 heteroatoms. The maximum absolute atomic E-state index is 12.0. The Bertz CT molecular complexity index is 598. The van der Waals surface area contributed by atoms with Crippen molar-refractivity contribution >= 4 is 33.2 Å². The Morgan fingerprint density at radius 1 is 1.53 bits per heavy atom. The van der Waals surface area contributed by atoms with E-state index >= 15 is 0 Å². The lowest BCUT2D eigenvalue weighted by molar-refractivity contribution is 0.0948. The van der Waals surface area contributed by atoms with Gasteiger partial charge in [-0.3, -0.25) is 4.79 Å². The van der Waals surface area contributed by atoms with E-state index in [-0.39, 0.29) is 17.2 Å². The van der Waals surface area contributed by atoms with Crippen LogP contribution in [-0.2, 0) is 13.0 Å². The number of hydrogen-bond acceptors (Lipinski definition) is 4. The van der Waals surface area contributed by atoms with Crippen molar-refractivity contribution in [3.8, 4) is 5.75 Å². The molecule has 0 unspecified atom stereocenters. The van der Waals surface area contributed by atoms with Crippen molar-refractivity contribution in [2.75, 3.05) is 0 Å². The molecule has 0 aliphatic carbocycles. The predicted octanol–water partition coefficient (Wildman–Crippen LogP) is 3.10. The van der Waals surface area contributed by atoms with Gasteiger partial charge < -0.3 is 10.4 Å². The summed E-state index contributed by atoms with van der Waals surface area (Å²) in [6.45, 7) is 2.44. The Labute approximate surface area is 123 Å². The van der Waals surface area contributed by atoms with Crippen LogP contribution >= 0.6 is 27.3 Å². The third kappa shape index (κ3) is 3.54. The number of amides is 1. The van der Waals surface area contributed by atoms with Crippen LogP contribution in [-0.4, -0.2) is 16.0 Å². The molecule has 19 heavy (non-hydrogen) atoms. The van der Waals surface area contributed by atoms with Crippen LogP contribution in [0.4, 0.5) is 0 Å². The number of benzene rings is 1. The molecular formula is C13H13BrN2O2S. The fourth-order valence-electron chi connectivity index (χ4n) is 1.53. The van der Waals surface area contributed by atoms with E-state index in [2.05, 4.69) is 33.2 Å². The molecule has 1 aromatic heterocycles. The zero-order chi connectivity index (χ0) is 13.8. The highest BCUT2D eigenvalue weighted by molar-refractivity contribution is 9.10. The first kappa shape index (κ1) is 14.0. The van der Waals surface area contributed by atoms with Crippen molar-refractivity contribution in [2.45, 2.75) is 19.9 Å². The molecule has 0 bridgehead atoms. The second-order valence-corrected chi connectivity index (χ2v) is 6.03. The first-order valence-corrected chi connectivity index (χ1v) is 7.41. The molecule has 0 saturated heterocycles. The number of nitrogens with zero attached hydrogens (tertiary/aromatic N) is 1. The van der Waals surface area contributed by atoms with Gasteiger partial charge in [-0.1, -0.05) is 22.9 Å². The molecule has 1 aromatic carbocycles. The van der Waals surface area contributed by atoms with E-state index in [9.17, 15) is 9.90 Å². The van der Waals surface area contributed by atoms with Crippen LogP contribution in [0.15, 0.2) is 28.9 Å². The molecule has 1 heterocycles. The molecule has 0 atom stereocenters. The zero-order valence-electron chi connectivity index (χ0n) is 10.3. The van der Waals surface area contributed by atoms with E-state index in [0.717, 1.165) is 15.9 Å². The molecule has 0 saturated carbocycles. The number of hydrogen-bond donors (Lipinski definition) is 2. The van der Waals surface area contributed by atoms with E-state index in [1.165, 1.54) is 10.9 Å². The van der Waals surface area contributed by atoms with Crippen molar-refractivity contribution < 1.29 is 9.90 Å². The van der Waals surface area contributed by atoms with Gasteiger partial charge in [0.1, 0.15) is 10.8 Å². The summed E-state index contributed by atoms with van der Waals surface area (Å²) in [6, 6.07) is 4.75. The quantitative estimate of drug-likeness (QED) is 0.898. The summed E-state index contributed by atoms with van der Waals surface area (Å²) in [4.78, 5) is 17.4. The Hall–Kier alpha value is -1.40. The Morgan fingerprint density at radius 2 is 2.32 bits per heavy atom. The van der Waals surface area contributed by atoms with Crippen molar-refractivity contribution in [3.63, 3.8) is 0 Å². The van der Waals surface area contributed by atoms with Gasteiger partial charge in [0, 0.05) is 15.5 Å². The molecule has 0 fully saturated rings. The maximum atomic E-state index is 12.0. The van der Waals surface area contributed by atoms with Gasteiger partial charge in [-0.2, -0.15) is 0 Å². The molecule has 2 N–H and O–H groups in total. The normalized spacial score (nSPS) is 10.4. The Balaban J connectivity index is 2.03. The molecule has 0 radical (unpaired) electrons. The smallest absolute Gasteiger partial charge is 0.255 e. The van der Waals surface area contributed by atoms with E-state index in [4.69, 9.17) is 0 Å². The average molecular weight is 341 g/mol. The van der Waals surface area contributed by atoms with E-state index < -0.39 is 0 Å². The second kappa shape index (κ2) is 6.16. The summed E-state index contributed by atoms with van der Waals surface area (Å²) < 4.78 is 0.748. The number of nitrogens with one attached hydrogen (secondary N) is 1. The van der Waals surface area contributed by atoms with Gasteiger partial charge in [-0.25, -0.2) is 4.98 Å². The minimum absolute atomic E-state index is 0.0333. The van der Waals surface area contributed by atoms with Gasteiger partial charge in [-0.15, -0.1) is 11.3 Å². The standard InChI is InChI=1S/C13H13BrN2O2S/c1-2-9-6-15-12(19-9)7-16-13(18)10-5-8(14)3-4-11(10)17/h3-6,17H,2,7H2,1H3,(H,16,18). The monoisotopic (exact) mass is 340 g/mol.